The summed E-state index contributed by atoms with van der Waals surface area (Å²) in [6.07, 6.45) is 2.65. The fourth-order valence-electron chi connectivity index (χ4n) is 1.26. The summed E-state index contributed by atoms with van der Waals surface area (Å²) < 4.78 is 5.98. The lowest BCUT2D eigenvalue weighted by molar-refractivity contribution is 0.196. The number of aryl methyl sites for hydroxylation is 1. The second-order valence-electron chi connectivity index (χ2n) is 3.59. The number of methoxy groups -OCH3 is 1. The highest BCUT2D eigenvalue weighted by atomic mass is 79.9. The molecule has 0 saturated carbocycles. The second-order valence-corrected chi connectivity index (χ2v) is 5.06. The topological polar surface area (TPSA) is 34.1 Å². The molecule has 0 spiro atoms. The van der Waals surface area contributed by atoms with Crippen molar-refractivity contribution >= 4 is 33.3 Å². The molecule has 1 aromatic rings. The Balaban J connectivity index is 2.34. The van der Waals surface area contributed by atoms with E-state index in [1.165, 1.54) is 0 Å². The van der Waals surface area contributed by atoms with Crippen molar-refractivity contribution in [2.24, 2.45) is 0 Å². The number of ether oxygens (including phenoxy) is 1. The molecule has 3 nitrogen and oxygen atoms in total. The van der Waals surface area contributed by atoms with Crippen LogP contribution >= 0.6 is 27.5 Å². The molecule has 0 aromatic carbocycles. The summed E-state index contributed by atoms with van der Waals surface area (Å²) in [6.45, 7) is 3.41. The Labute approximate surface area is 110 Å². The van der Waals surface area contributed by atoms with E-state index in [2.05, 4.69) is 26.2 Å². The average Bonchev–Trinajstić information content (AvgIpc) is 2.24. The van der Waals surface area contributed by atoms with E-state index in [9.17, 15) is 0 Å². The van der Waals surface area contributed by atoms with E-state index in [1.54, 1.807) is 13.3 Å². The number of anilines is 1. The first-order valence-corrected chi connectivity index (χ1v) is 6.35. The van der Waals surface area contributed by atoms with E-state index < -0.39 is 0 Å². The van der Waals surface area contributed by atoms with Crippen molar-refractivity contribution in [3.63, 3.8) is 0 Å². The van der Waals surface area contributed by atoms with Gasteiger partial charge in [0.1, 0.15) is 5.82 Å². The number of hydrogen-bond donors (Lipinski definition) is 1. The van der Waals surface area contributed by atoms with Gasteiger partial charge in [0.2, 0.25) is 0 Å². The van der Waals surface area contributed by atoms with Crippen LogP contribution < -0.4 is 5.32 Å². The summed E-state index contributed by atoms with van der Waals surface area (Å²) in [5, 5.41) is 3.28. The summed E-state index contributed by atoms with van der Waals surface area (Å²) in [5.41, 5.74) is 1.16. The number of pyridine rings is 1. The largest absolute Gasteiger partial charge is 0.383 e. The van der Waals surface area contributed by atoms with Gasteiger partial charge in [-0.05, 0) is 40.9 Å². The minimum atomic E-state index is 0.0500. The summed E-state index contributed by atoms with van der Waals surface area (Å²) in [5.74, 6) is 0.877. The highest BCUT2D eigenvalue weighted by Crippen LogP contribution is 2.17. The zero-order valence-electron chi connectivity index (χ0n) is 9.46. The Bertz CT molecular complexity index is 336. The van der Waals surface area contributed by atoms with E-state index in [4.69, 9.17) is 16.3 Å². The molecule has 1 heterocycles. The smallest absolute Gasteiger partial charge is 0.126 e. The first kappa shape index (κ1) is 13.7. The van der Waals surface area contributed by atoms with E-state index in [-0.39, 0.29) is 5.38 Å². The Morgan fingerprint density at radius 2 is 2.38 bits per heavy atom. The molecule has 0 aliphatic rings. The summed E-state index contributed by atoms with van der Waals surface area (Å²) in [4.78, 5) is 4.25. The van der Waals surface area contributed by atoms with Crippen LogP contribution in [0.25, 0.3) is 0 Å². The highest BCUT2D eigenvalue weighted by Gasteiger charge is 2.04. The molecule has 0 radical (unpaired) electrons. The number of alkyl halides is 1. The van der Waals surface area contributed by atoms with Crippen molar-refractivity contribution in [3.8, 4) is 0 Å². The third-order valence-corrected chi connectivity index (χ3v) is 3.33. The Kier molecular flexibility index (Phi) is 6.09. The predicted molar refractivity (Wildman–Crippen MR) is 71.3 cm³/mol. The standard InChI is InChI=1S/C11H16BrClN2O/c1-8-5-11(15-6-10(8)12)14-4-3-9(13)7-16-2/h5-6,9H,3-4,7H2,1-2H3,(H,14,15). The number of nitrogens with one attached hydrogen (secondary N) is 1. The minimum absolute atomic E-state index is 0.0500. The quantitative estimate of drug-likeness (QED) is 0.820. The average molecular weight is 308 g/mol. The van der Waals surface area contributed by atoms with Gasteiger partial charge in [-0.15, -0.1) is 11.6 Å². The number of halogens is 2. The monoisotopic (exact) mass is 306 g/mol. The number of aromatic nitrogens is 1. The van der Waals surface area contributed by atoms with E-state index >= 15 is 0 Å². The van der Waals surface area contributed by atoms with Gasteiger partial charge < -0.3 is 10.1 Å². The number of nitrogens with zero attached hydrogens (tertiary/aromatic N) is 1. The van der Waals surface area contributed by atoms with Gasteiger partial charge in [0, 0.05) is 24.3 Å². The molecule has 1 unspecified atom stereocenters. The summed E-state index contributed by atoms with van der Waals surface area (Å²) in [6, 6.07) is 2.00. The van der Waals surface area contributed by atoms with Crippen LogP contribution in [-0.2, 0) is 4.74 Å². The lowest BCUT2D eigenvalue weighted by atomic mass is 10.3. The second kappa shape index (κ2) is 7.09. The van der Waals surface area contributed by atoms with Crippen molar-refractivity contribution in [1.82, 2.24) is 4.98 Å². The van der Waals surface area contributed by atoms with Crippen LogP contribution in [0.1, 0.15) is 12.0 Å². The van der Waals surface area contributed by atoms with Crippen molar-refractivity contribution in [3.05, 3.63) is 22.3 Å². The summed E-state index contributed by atoms with van der Waals surface area (Å²) in [7, 11) is 1.66. The molecule has 1 aromatic heterocycles. The molecule has 0 bridgehead atoms. The van der Waals surface area contributed by atoms with Crippen LogP contribution in [0.5, 0.6) is 0 Å². The van der Waals surface area contributed by atoms with Crippen molar-refractivity contribution in [2.75, 3.05) is 25.6 Å². The lowest BCUT2D eigenvalue weighted by Crippen LogP contribution is -2.13. The molecule has 0 amide bonds. The fourth-order valence-corrected chi connectivity index (χ4v) is 1.71. The molecule has 16 heavy (non-hydrogen) atoms. The molecular formula is C11H16BrClN2O. The molecule has 0 saturated heterocycles. The normalized spacial score (nSPS) is 12.5. The van der Waals surface area contributed by atoms with Gasteiger partial charge >= 0.3 is 0 Å². The zero-order valence-corrected chi connectivity index (χ0v) is 11.8. The van der Waals surface area contributed by atoms with Crippen LogP contribution in [0, 0.1) is 6.92 Å². The van der Waals surface area contributed by atoms with Crippen molar-refractivity contribution < 1.29 is 4.74 Å². The van der Waals surface area contributed by atoms with Gasteiger partial charge in [-0.3, -0.25) is 0 Å². The molecule has 1 atom stereocenters. The molecule has 1 N–H and O–H groups in total. The predicted octanol–water partition coefficient (Wildman–Crippen LogP) is 3.21. The Morgan fingerprint density at radius 3 is 3.00 bits per heavy atom. The fraction of sp³-hybridized carbons (Fsp3) is 0.545. The SMILES string of the molecule is COCC(Cl)CCNc1cc(C)c(Br)cn1. The van der Waals surface area contributed by atoms with Gasteiger partial charge in [-0.1, -0.05) is 0 Å². The molecular weight excluding hydrogens is 291 g/mol. The first-order chi connectivity index (χ1) is 7.63. The number of rotatable bonds is 6. The van der Waals surface area contributed by atoms with Crippen LogP contribution in [0.3, 0.4) is 0 Å². The lowest BCUT2D eigenvalue weighted by Gasteiger charge is -2.10. The molecule has 90 valence electrons. The van der Waals surface area contributed by atoms with Crippen LogP contribution in [0.2, 0.25) is 0 Å². The first-order valence-electron chi connectivity index (χ1n) is 5.12. The summed E-state index contributed by atoms with van der Waals surface area (Å²) >= 11 is 9.42. The molecule has 0 aliphatic heterocycles. The van der Waals surface area contributed by atoms with Gasteiger partial charge in [0.25, 0.3) is 0 Å². The molecule has 5 heteroatoms. The van der Waals surface area contributed by atoms with E-state index in [0.29, 0.717) is 6.61 Å². The van der Waals surface area contributed by atoms with Crippen LogP contribution in [0.4, 0.5) is 5.82 Å². The molecule has 0 fully saturated rings. The maximum absolute atomic E-state index is 6.01. The Hall–Kier alpha value is -0.320. The number of hydrogen-bond acceptors (Lipinski definition) is 3. The van der Waals surface area contributed by atoms with Gasteiger partial charge in [-0.2, -0.15) is 0 Å². The molecule has 0 aliphatic carbocycles. The van der Waals surface area contributed by atoms with Gasteiger partial charge in [0.15, 0.2) is 0 Å². The highest BCUT2D eigenvalue weighted by molar-refractivity contribution is 9.10. The van der Waals surface area contributed by atoms with Crippen molar-refractivity contribution in [2.45, 2.75) is 18.7 Å². The van der Waals surface area contributed by atoms with Gasteiger partial charge in [0.05, 0.1) is 12.0 Å². The third-order valence-electron chi connectivity index (χ3n) is 2.16. The van der Waals surface area contributed by atoms with Crippen molar-refractivity contribution in [1.29, 1.82) is 0 Å². The van der Waals surface area contributed by atoms with Crippen LogP contribution in [0.15, 0.2) is 16.7 Å². The van der Waals surface area contributed by atoms with Gasteiger partial charge in [-0.25, -0.2) is 4.98 Å². The zero-order chi connectivity index (χ0) is 12.0. The van der Waals surface area contributed by atoms with E-state index in [0.717, 1.165) is 28.8 Å². The third kappa shape index (κ3) is 4.68. The maximum atomic E-state index is 6.01. The molecule has 1 rings (SSSR count). The van der Waals surface area contributed by atoms with E-state index in [1.807, 2.05) is 13.0 Å². The Morgan fingerprint density at radius 1 is 1.62 bits per heavy atom. The minimum Gasteiger partial charge on any atom is -0.383 e. The van der Waals surface area contributed by atoms with Crippen LogP contribution in [-0.4, -0.2) is 30.6 Å². The maximum Gasteiger partial charge on any atom is 0.126 e.